The number of aryl methyl sites for hydroxylation is 1. The van der Waals surface area contributed by atoms with Crippen LogP contribution in [-0.2, 0) is 5.54 Å². The van der Waals surface area contributed by atoms with Crippen LogP contribution >= 0.6 is 11.3 Å². The molecule has 2 N–H and O–H groups in total. The van der Waals surface area contributed by atoms with Crippen molar-refractivity contribution in [2.24, 2.45) is 5.73 Å². The van der Waals surface area contributed by atoms with E-state index in [9.17, 15) is 4.39 Å². The molecule has 1 saturated carbocycles. The van der Waals surface area contributed by atoms with E-state index in [1.165, 1.54) is 12.5 Å². The van der Waals surface area contributed by atoms with E-state index in [-0.39, 0.29) is 11.4 Å². The predicted octanol–water partition coefficient (Wildman–Crippen LogP) is 3.60. The second-order valence-corrected chi connectivity index (χ2v) is 5.87. The van der Waals surface area contributed by atoms with Crippen molar-refractivity contribution >= 4 is 11.3 Å². The molecule has 0 aliphatic heterocycles. The van der Waals surface area contributed by atoms with E-state index in [0.29, 0.717) is 5.56 Å². The van der Waals surface area contributed by atoms with Gasteiger partial charge in [0.05, 0.1) is 11.2 Å². The highest BCUT2D eigenvalue weighted by molar-refractivity contribution is 7.10. The number of nitrogens with two attached hydrogens (primary N) is 1. The zero-order valence-corrected chi connectivity index (χ0v) is 11.1. The molecule has 1 fully saturated rings. The van der Waals surface area contributed by atoms with Gasteiger partial charge in [-0.15, -0.1) is 11.3 Å². The minimum atomic E-state index is -0.230. The van der Waals surface area contributed by atoms with Gasteiger partial charge < -0.3 is 5.73 Å². The van der Waals surface area contributed by atoms with E-state index in [1.54, 1.807) is 24.3 Å². The van der Waals surface area contributed by atoms with Gasteiger partial charge in [0, 0.05) is 10.9 Å². The Morgan fingerprint density at radius 3 is 2.78 bits per heavy atom. The third-order valence-corrected chi connectivity index (χ3v) is 4.71. The number of hydrogen-bond donors (Lipinski definition) is 1. The van der Waals surface area contributed by atoms with Gasteiger partial charge >= 0.3 is 0 Å². The topological polar surface area (TPSA) is 38.9 Å². The lowest BCUT2D eigenvalue weighted by Gasteiger charge is -2.35. The number of nitrogens with zero attached hydrogens (tertiary/aromatic N) is 1. The van der Waals surface area contributed by atoms with Gasteiger partial charge in [-0.2, -0.15) is 0 Å². The Hall–Kier alpha value is -1.26. The van der Waals surface area contributed by atoms with Crippen LogP contribution in [0.4, 0.5) is 4.39 Å². The smallest absolute Gasteiger partial charge is 0.126 e. The van der Waals surface area contributed by atoms with Crippen molar-refractivity contribution in [2.75, 3.05) is 0 Å². The fraction of sp³-hybridized carbons (Fsp3) is 0.357. The standard InChI is InChI=1S/C14H15FN2S/c1-9-3-4-10(7-11(9)15)12-8-18-13(17-12)14(16)5-2-6-14/h3-4,7-8H,2,5-6,16H2,1H3. The van der Waals surface area contributed by atoms with Gasteiger partial charge in [-0.25, -0.2) is 9.37 Å². The summed E-state index contributed by atoms with van der Waals surface area (Å²) in [5.41, 5.74) is 8.32. The third-order valence-electron chi connectivity index (χ3n) is 3.64. The fourth-order valence-corrected chi connectivity index (χ4v) is 3.16. The van der Waals surface area contributed by atoms with Crippen LogP contribution in [0.2, 0.25) is 0 Å². The molecule has 1 heterocycles. The molecule has 2 nitrogen and oxygen atoms in total. The maximum absolute atomic E-state index is 13.5. The minimum Gasteiger partial charge on any atom is -0.319 e. The van der Waals surface area contributed by atoms with Crippen molar-refractivity contribution in [1.29, 1.82) is 0 Å². The summed E-state index contributed by atoms with van der Waals surface area (Å²) in [6.45, 7) is 1.76. The maximum Gasteiger partial charge on any atom is 0.126 e. The summed E-state index contributed by atoms with van der Waals surface area (Å²) in [7, 11) is 0. The predicted molar refractivity (Wildman–Crippen MR) is 72.0 cm³/mol. The molecule has 94 valence electrons. The average Bonchev–Trinajstić information content (AvgIpc) is 2.79. The number of rotatable bonds is 2. The van der Waals surface area contributed by atoms with Gasteiger partial charge in [-0.3, -0.25) is 0 Å². The zero-order chi connectivity index (χ0) is 12.8. The molecule has 3 rings (SSSR count). The van der Waals surface area contributed by atoms with E-state index >= 15 is 0 Å². The lowest BCUT2D eigenvalue weighted by Crippen LogP contribution is -2.43. The van der Waals surface area contributed by atoms with Crippen molar-refractivity contribution < 1.29 is 4.39 Å². The Morgan fingerprint density at radius 2 is 2.17 bits per heavy atom. The molecular weight excluding hydrogens is 247 g/mol. The number of hydrogen-bond acceptors (Lipinski definition) is 3. The van der Waals surface area contributed by atoms with Crippen LogP contribution in [0.1, 0.15) is 29.8 Å². The van der Waals surface area contributed by atoms with Crippen LogP contribution in [0.15, 0.2) is 23.6 Å². The molecule has 4 heteroatoms. The summed E-state index contributed by atoms with van der Waals surface area (Å²) in [4.78, 5) is 4.57. The molecule has 0 spiro atoms. The van der Waals surface area contributed by atoms with Gasteiger partial charge in [0.15, 0.2) is 0 Å². The van der Waals surface area contributed by atoms with E-state index in [1.807, 2.05) is 11.4 Å². The van der Waals surface area contributed by atoms with Crippen LogP contribution in [0.25, 0.3) is 11.3 Å². The van der Waals surface area contributed by atoms with Gasteiger partial charge in [0.25, 0.3) is 0 Å². The van der Waals surface area contributed by atoms with E-state index in [4.69, 9.17) is 5.73 Å². The van der Waals surface area contributed by atoms with Crippen LogP contribution in [0.5, 0.6) is 0 Å². The SMILES string of the molecule is Cc1ccc(-c2csc(C3(N)CCC3)n2)cc1F. The molecule has 1 aromatic heterocycles. The van der Waals surface area contributed by atoms with Crippen molar-refractivity contribution in [2.45, 2.75) is 31.7 Å². The Balaban J connectivity index is 1.95. The summed E-state index contributed by atoms with van der Waals surface area (Å²) in [6, 6.07) is 5.23. The van der Waals surface area contributed by atoms with Crippen LogP contribution in [0, 0.1) is 12.7 Å². The van der Waals surface area contributed by atoms with E-state index in [2.05, 4.69) is 4.98 Å². The summed E-state index contributed by atoms with van der Waals surface area (Å²) in [5.74, 6) is -0.187. The number of aromatic nitrogens is 1. The Morgan fingerprint density at radius 1 is 1.39 bits per heavy atom. The summed E-state index contributed by atoms with van der Waals surface area (Å²) >= 11 is 1.58. The van der Waals surface area contributed by atoms with Gasteiger partial charge in [0.2, 0.25) is 0 Å². The highest BCUT2D eigenvalue weighted by Crippen LogP contribution is 2.41. The number of halogens is 1. The second kappa shape index (κ2) is 4.14. The molecule has 1 aromatic carbocycles. The molecule has 0 amide bonds. The molecular formula is C14H15FN2S. The molecule has 0 radical (unpaired) electrons. The Kier molecular flexibility index (Phi) is 2.72. The van der Waals surface area contributed by atoms with Crippen molar-refractivity contribution in [3.05, 3.63) is 40.0 Å². The van der Waals surface area contributed by atoms with Crippen molar-refractivity contribution in [3.8, 4) is 11.3 Å². The molecule has 0 bridgehead atoms. The summed E-state index contributed by atoms with van der Waals surface area (Å²) in [5, 5.41) is 2.94. The monoisotopic (exact) mass is 262 g/mol. The maximum atomic E-state index is 13.5. The van der Waals surface area contributed by atoms with Crippen LogP contribution < -0.4 is 5.73 Å². The zero-order valence-electron chi connectivity index (χ0n) is 10.2. The average molecular weight is 262 g/mol. The van der Waals surface area contributed by atoms with Crippen LogP contribution in [-0.4, -0.2) is 4.98 Å². The molecule has 0 atom stereocenters. The lowest BCUT2D eigenvalue weighted by molar-refractivity contribution is 0.253. The summed E-state index contributed by atoms with van der Waals surface area (Å²) in [6.07, 6.45) is 3.18. The fourth-order valence-electron chi connectivity index (χ4n) is 2.16. The number of benzene rings is 1. The quantitative estimate of drug-likeness (QED) is 0.898. The van der Waals surface area contributed by atoms with Gasteiger partial charge in [-0.1, -0.05) is 12.1 Å². The highest BCUT2D eigenvalue weighted by Gasteiger charge is 2.37. The molecule has 1 aliphatic carbocycles. The van der Waals surface area contributed by atoms with E-state index < -0.39 is 0 Å². The highest BCUT2D eigenvalue weighted by atomic mass is 32.1. The first-order valence-electron chi connectivity index (χ1n) is 6.10. The molecule has 0 unspecified atom stereocenters. The molecule has 18 heavy (non-hydrogen) atoms. The second-order valence-electron chi connectivity index (χ2n) is 5.01. The molecule has 0 saturated heterocycles. The largest absolute Gasteiger partial charge is 0.319 e. The van der Waals surface area contributed by atoms with Crippen LogP contribution in [0.3, 0.4) is 0 Å². The number of thiazole rings is 1. The Bertz CT molecular complexity index is 587. The minimum absolute atomic E-state index is 0.187. The van der Waals surface area contributed by atoms with Crippen molar-refractivity contribution in [1.82, 2.24) is 4.98 Å². The Labute approximate surface area is 110 Å². The van der Waals surface area contributed by atoms with E-state index in [0.717, 1.165) is 29.1 Å². The third kappa shape index (κ3) is 1.85. The first-order valence-corrected chi connectivity index (χ1v) is 6.98. The molecule has 2 aromatic rings. The van der Waals surface area contributed by atoms with Gasteiger partial charge in [0.1, 0.15) is 10.8 Å². The molecule has 1 aliphatic rings. The summed E-state index contributed by atoms with van der Waals surface area (Å²) < 4.78 is 13.5. The lowest BCUT2D eigenvalue weighted by atomic mass is 9.78. The van der Waals surface area contributed by atoms with Gasteiger partial charge in [-0.05, 0) is 37.8 Å². The first kappa shape index (κ1) is 11.8. The normalized spacial score (nSPS) is 17.5. The van der Waals surface area contributed by atoms with Crippen molar-refractivity contribution in [3.63, 3.8) is 0 Å². The first-order chi connectivity index (χ1) is 8.58.